The summed E-state index contributed by atoms with van der Waals surface area (Å²) in [7, 11) is 0. The molecule has 0 saturated carbocycles. The van der Waals surface area contributed by atoms with Gasteiger partial charge in [0.05, 0.1) is 16.7 Å². The van der Waals surface area contributed by atoms with Crippen LogP contribution in [0.25, 0.3) is 11.3 Å². The van der Waals surface area contributed by atoms with Crippen molar-refractivity contribution in [2.75, 3.05) is 0 Å². The van der Waals surface area contributed by atoms with Crippen LogP contribution in [0.5, 0.6) is 5.75 Å². The molecule has 1 heterocycles. The van der Waals surface area contributed by atoms with Gasteiger partial charge >= 0.3 is 0 Å². The van der Waals surface area contributed by atoms with E-state index in [1.807, 2.05) is 6.07 Å². The lowest BCUT2D eigenvalue weighted by atomic mass is 10.1. The van der Waals surface area contributed by atoms with Gasteiger partial charge in [0.2, 0.25) is 0 Å². The van der Waals surface area contributed by atoms with Gasteiger partial charge < -0.3 is 9.52 Å². The smallest absolute Gasteiger partial charge is 0.275 e. The topological polar surface area (TPSA) is 118 Å². The lowest BCUT2D eigenvalue weighted by Crippen LogP contribution is -2.17. The predicted octanol–water partition coefficient (Wildman–Crippen LogP) is 3.98. The summed E-state index contributed by atoms with van der Waals surface area (Å²) < 4.78 is 5.59. The number of nitrogens with one attached hydrogen (secondary N) is 1. The molecule has 1 aromatic heterocycles. The Hall–Kier alpha value is -3.65. The Morgan fingerprint density at radius 3 is 2.78 bits per heavy atom. The number of nitro benzene ring substituents is 1. The molecule has 2 N–H and O–H groups in total. The molecule has 0 aliphatic carbocycles. The second-order valence-electron chi connectivity index (χ2n) is 5.37. The van der Waals surface area contributed by atoms with Crippen molar-refractivity contribution in [3.8, 4) is 17.1 Å². The first-order valence-corrected chi connectivity index (χ1v) is 7.98. The number of phenols is 1. The molecule has 27 heavy (non-hydrogen) atoms. The van der Waals surface area contributed by atoms with Gasteiger partial charge in [-0.15, -0.1) is 0 Å². The molecule has 0 unspecified atom stereocenters. The van der Waals surface area contributed by atoms with E-state index in [1.54, 1.807) is 30.3 Å². The average Bonchev–Trinajstić information content (AvgIpc) is 3.10. The van der Waals surface area contributed by atoms with Crippen LogP contribution < -0.4 is 5.43 Å². The highest BCUT2D eigenvalue weighted by Crippen LogP contribution is 2.24. The number of aromatic hydroxyl groups is 1. The third-order valence-electron chi connectivity index (χ3n) is 3.53. The number of nitro groups is 1. The van der Waals surface area contributed by atoms with Gasteiger partial charge in [-0.3, -0.25) is 14.9 Å². The van der Waals surface area contributed by atoms with E-state index >= 15 is 0 Å². The Balaban J connectivity index is 1.70. The van der Waals surface area contributed by atoms with Crippen LogP contribution in [-0.4, -0.2) is 22.2 Å². The number of nitrogens with zero attached hydrogens (tertiary/aromatic N) is 2. The van der Waals surface area contributed by atoms with E-state index in [1.165, 1.54) is 6.21 Å². The van der Waals surface area contributed by atoms with E-state index in [0.29, 0.717) is 16.5 Å². The fourth-order valence-corrected chi connectivity index (χ4v) is 2.44. The average molecular weight is 386 g/mol. The quantitative estimate of drug-likeness (QED) is 0.391. The van der Waals surface area contributed by atoms with Crippen molar-refractivity contribution in [3.63, 3.8) is 0 Å². The number of halogens is 1. The van der Waals surface area contributed by atoms with E-state index in [0.717, 1.165) is 23.8 Å². The SMILES string of the molecule is O=C(N/N=C/c1ccc(-c2cccc(Cl)c2)o1)c1cc([N+](=O)[O-])ccc1O. The molecule has 2 aromatic carbocycles. The zero-order chi connectivity index (χ0) is 19.4. The minimum Gasteiger partial charge on any atom is -0.507 e. The van der Waals surface area contributed by atoms with E-state index in [9.17, 15) is 20.0 Å². The van der Waals surface area contributed by atoms with Crippen LogP contribution in [-0.2, 0) is 0 Å². The van der Waals surface area contributed by atoms with Crippen molar-refractivity contribution in [2.24, 2.45) is 5.10 Å². The number of carbonyl (C=O) groups excluding carboxylic acids is 1. The third-order valence-corrected chi connectivity index (χ3v) is 3.76. The summed E-state index contributed by atoms with van der Waals surface area (Å²) >= 11 is 5.94. The first-order valence-electron chi connectivity index (χ1n) is 7.60. The van der Waals surface area contributed by atoms with Crippen LogP contribution in [0.2, 0.25) is 5.02 Å². The fourth-order valence-electron chi connectivity index (χ4n) is 2.25. The molecule has 0 aliphatic rings. The molecule has 0 spiro atoms. The number of furan rings is 1. The summed E-state index contributed by atoms with van der Waals surface area (Å²) in [5, 5.41) is 24.8. The molecule has 8 nitrogen and oxygen atoms in total. The molecule has 0 fully saturated rings. The molecule has 3 rings (SSSR count). The van der Waals surface area contributed by atoms with Crippen LogP contribution in [0.3, 0.4) is 0 Å². The zero-order valence-corrected chi connectivity index (χ0v) is 14.4. The highest BCUT2D eigenvalue weighted by molar-refractivity contribution is 6.30. The van der Waals surface area contributed by atoms with Crippen molar-refractivity contribution in [3.05, 3.63) is 81.1 Å². The molecular weight excluding hydrogens is 374 g/mol. The number of benzene rings is 2. The van der Waals surface area contributed by atoms with Crippen molar-refractivity contribution < 1.29 is 19.2 Å². The van der Waals surface area contributed by atoms with E-state index < -0.39 is 16.6 Å². The molecule has 0 atom stereocenters. The molecule has 0 radical (unpaired) electrons. The number of amides is 1. The van der Waals surface area contributed by atoms with Crippen LogP contribution in [0.15, 0.2) is 64.1 Å². The lowest BCUT2D eigenvalue weighted by Gasteiger charge is -2.02. The second-order valence-corrected chi connectivity index (χ2v) is 5.81. The lowest BCUT2D eigenvalue weighted by molar-refractivity contribution is -0.384. The van der Waals surface area contributed by atoms with Crippen molar-refractivity contribution in [1.82, 2.24) is 5.43 Å². The third kappa shape index (κ3) is 4.31. The Bertz CT molecular complexity index is 1040. The van der Waals surface area contributed by atoms with Gasteiger partial charge in [0.15, 0.2) is 0 Å². The number of non-ortho nitro benzene ring substituents is 1. The maximum absolute atomic E-state index is 12.0. The van der Waals surface area contributed by atoms with Gasteiger partial charge in [0, 0.05) is 22.7 Å². The van der Waals surface area contributed by atoms with Crippen LogP contribution >= 0.6 is 11.6 Å². The minimum atomic E-state index is -0.797. The summed E-state index contributed by atoms with van der Waals surface area (Å²) in [6.45, 7) is 0. The Morgan fingerprint density at radius 1 is 1.22 bits per heavy atom. The molecule has 1 amide bonds. The van der Waals surface area contributed by atoms with E-state index in [4.69, 9.17) is 16.0 Å². The van der Waals surface area contributed by atoms with Crippen molar-refractivity contribution in [2.45, 2.75) is 0 Å². The first kappa shape index (κ1) is 18.2. The summed E-state index contributed by atoms with van der Waals surface area (Å²) in [6, 6.07) is 13.6. The van der Waals surface area contributed by atoms with Gasteiger partial charge in [-0.25, -0.2) is 5.43 Å². The number of carbonyl (C=O) groups is 1. The maximum Gasteiger partial charge on any atom is 0.275 e. The number of rotatable bonds is 5. The zero-order valence-electron chi connectivity index (χ0n) is 13.6. The Morgan fingerprint density at radius 2 is 2.04 bits per heavy atom. The second kappa shape index (κ2) is 7.71. The summed E-state index contributed by atoms with van der Waals surface area (Å²) in [5.41, 5.74) is 2.38. The molecular formula is C18H12ClN3O5. The normalized spacial score (nSPS) is 10.9. The Labute approximate surface area is 157 Å². The largest absolute Gasteiger partial charge is 0.507 e. The van der Waals surface area contributed by atoms with Crippen LogP contribution in [0.4, 0.5) is 5.69 Å². The maximum atomic E-state index is 12.0. The highest BCUT2D eigenvalue weighted by Gasteiger charge is 2.16. The number of hydrogen-bond donors (Lipinski definition) is 2. The van der Waals surface area contributed by atoms with E-state index in [2.05, 4.69) is 10.5 Å². The van der Waals surface area contributed by atoms with Gasteiger partial charge in [-0.05, 0) is 30.3 Å². The standard InChI is InChI=1S/C18H12ClN3O5/c19-12-3-1-2-11(8-12)17-7-5-14(27-17)10-20-21-18(24)15-9-13(22(25)26)4-6-16(15)23/h1-10,23H,(H,21,24)/b20-10+. The number of hydrazone groups is 1. The van der Waals surface area contributed by atoms with Crippen molar-refractivity contribution in [1.29, 1.82) is 0 Å². The highest BCUT2D eigenvalue weighted by atomic mass is 35.5. The van der Waals surface area contributed by atoms with Gasteiger partial charge in [-0.2, -0.15) is 5.10 Å². The van der Waals surface area contributed by atoms with E-state index in [-0.39, 0.29) is 11.3 Å². The molecule has 0 bridgehead atoms. The van der Waals surface area contributed by atoms with Gasteiger partial charge in [-0.1, -0.05) is 23.7 Å². The first-order chi connectivity index (χ1) is 12.9. The predicted molar refractivity (Wildman–Crippen MR) is 99.0 cm³/mol. The minimum absolute atomic E-state index is 0.264. The van der Waals surface area contributed by atoms with Gasteiger partial charge in [0.25, 0.3) is 11.6 Å². The summed E-state index contributed by atoms with van der Waals surface area (Å²) in [6.07, 6.45) is 1.26. The molecule has 3 aromatic rings. The monoisotopic (exact) mass is 385 g/mol. The number of hydrogen-bond acceptors (Lipinski definition) is 6. The van der Waals surface area contributed by atoms with Crippen LogP contribution in [0, 0.1) is 10.1 Å². The summed E-state index contributed by atoms with van der Waals surface area (Å²) in [5.74, 6) is -0.251. The molecule has 0 saturated heterocycles. The molecule has 136 valence electrons. The molecule has 0 aliphatic heterocycles. The van der Waals surface area contributed by atoms with Crippen molar-refractivity contribution >= 4 is 29.4 Å². The van der Waals surface area contributed by atoms with Crippen LogP contribution in [0.1, 0.15) is 16.1 Å². The van der Waals surface area contributed by atoms with Gasteiger partial charge in [0.1, 0.15) is 17.3 Å². The molecule has 9 heteroatoms. The summed E-state index contributed by atoms with van der Waals surface area (Å²) in [4.78, 5) is 22.1. The number of phenolic OH excluding ortho intramolecular Hbond substituents is 1. The Kier molecular flexibility index (Phi) is 5.18. The fraction of sp³-hybridized carbons (Fsp3) is 0.